The van der Waals surface area contributed by atoms with Crippen LogP contribution in [0, 0.1) is 19.7 Å². The Morgan fingerprint density at radius 2 is 2.12 bits per heavy atom. The molecule has 0 spiro atoms. The molecule has 6 nitrogen and oxygen atoms in total. The summed E-state index contributed by atoms with van der Waals surface area (Å²) in [4.78, 5) is 3.23. The van der Waals surface area contributed by atoms with Crippen LogP contribution in [0.25, 0.3) is 10.9 Å². The first-order chi connectivity index (χ1) is 11.8. The largest absolute Gasteiger partial charge is 0.361 e. The van der Waals surface area contributed by atoms with Crippen molar-refractivity contribution in [3.8, 4) is 0 Å². The Labute approximate surface area is 144 Å². The summed E-state index contributed by atoms with van der Waals surface area (Å²) in [6.45, 7) is 3.42. The minimum atomic E-state index is -3.71. The van der Waals surface area contributed by atoms with Crippen LogP contribution in [0.5, 0.6) is 0 Å². The van der Waals surface area contributed by atoms with Crippen molar-refractivity contribution in [1.29, 1.82) is 0 Å². The second-order valence-corrected chi connectivity index (χ2v) is 8.35. The van der Waals surface area contributed by atoms with Crippen LogP contribution in [0.3, 0.4) is 0 Å². The fraction of sp³-hybridized carbons (Fsp3) is 0.353. The number of nitrogens with zero attached hydrogens (tertiary/aromatic N) is 1. The van der Waals surface area contributed by atoms with Gasteiger partial charge in [0.2, 0.25) is 10.0 Å². The average molecular weight is 363 g/mol. The first-order valence-corrected chi connectivity index (χ1v) is 9.50. The fourth-order valence-corrected chi connectivity index (χ4v) is 4.84. The summed E-state index contributed by atoms with van der Waals surface area (Å²) in [7, 11) is -3.71. The Balaban J connectivity index is 1.63. The van der Waals surface area contributed by atoms with Gasteiger partial charge in [0.15, 0.2) is 5.76 Å². The van der Waals surface area contributed by atoms with Crippen molar-refractivity contribution >= 4 is 20.9 Å². The van der Waals surface area contributed by atoms with E-state index in [9.17, 15) is 12.8 Å². The molecule has 1 fully saturated rings. The molecule has 0 unspecified atom stereocenters. The number of aromatic amines is 1. The standard InChI is InChI=1S/C17H18FN3O3S/c1-10-16(11(2)24-21-10)25(22,23)20-9-17(5-6-17)14-8-19-15-4-3-12(18)7-13(14)15/h3-4,7-8,19-20H,5-6,9H2,1-2H3. The van der Waals surface area contributed by atoms with Crippen LogP contribution in [0.1, 0.15) is 29.9 Å². The topological polar surface area (TPSA) is 88.0 Å². The minimum absolute atomic E-state index is 0.0910. The van der Waals surface area contributed by atoms with Gasteiger partial charge in [-0.15, -0.1) is 0 Å². The van der Waals surface area contributed by atoms with Gasteiger partial charge in [0.1, 0.15) is 16.4 Å². The van der Waals surface area contributed by atoms with Crippen LogP contribution in [0.2, 0.25) is 0 Å². The number of benzene rings is 1. The zero-order valence-electron chi connectivity index (χ0n) is 13.9. The maximum absolute atomic E-state index is 13.6. The lowest BCUT2D eigenvalue weighted by molar-refractivity contribution is 0.390. The lowest BCUT2D eigenvalue weighted by Crippen LogP contribution is -2.32. The van der Waals surface area contributed by atoms with Crippen LogP contribution in [-0.2, 0) is 15.4 Å². The molecule has 4 rings (SSSR count). The summed E-state index contributed by atoms with van der Waals surface area (Å²) in [6.07, 6.45) is 3.54. The van der Waals surface area contributed by atoms with Gasteiger partial charge in [-0.05, 0) is 50.5 Å². The van der Waals surface area contributed by atoms with Gasteiger partial charge in [-0.1, -0.05) is 5.16 Å². The van der Waals surface area contributed by atoms with Crippen molar-refractivity contribution < 1.29 is 17.3 Å². The fourth-order valence-electron chi connectivity index (χ4n) is 3.39. The SMILES string of the molecule is Cc1noc(C)c1S(=O)(=O)NCC1(c2c[nH]c3ccc(F)cc23)CC1. The van der Waals surface area contributed by atoms with Crippen molar-refractivity contribution in [2.45, 2.75) is 37.0 Å². The van der Waals surface area contributed by atoms with Crippen molar-refractivity contribution in [2.24, 2.45) is 0 Å². The Hall–Kier alpha value is -2.19. The summed E-state index contributed by atoms with van der Waals surface area (Å²) < 4.78 is 46.5. The molecule has 1 aliphatic carbocycles. The van der Waals surface area contributed by atoms with Crippen LogP contribution in [-0.4, -0.2) is 25.1 Å². The Bertz CT molecular complexity index is 1040. The van der Waals surface area contributed by atoms with Crippen molar-refractivity contribution in [1.82, 2.24) is 14.9 Å². The van der Waals surface area contributed by atoms with E-state index in [1.165, 1.54) is 12.1 Å². The van der Waals surface area contributed by atoms with Gasteiger partial charge in [-0.25, -0.2) is 17.5 Å². The number of sulfonamides is 1. The van der Waals surface area contributed by atoms with Gasteiger partial charge in [-0.2, -0.15) is 0 Å². The molecule has 0 aliphatic heterocycles. The number of fused-ring (bicyclic) bond motifs is 1. The molecule has 1 aromatic carbocycles. The Morgan fingerprint density at radius 1 is 1.36 bits per heavy atom. The van der Waals surface area contributed by atoms with E-state index in [-0.39, 0.29) is 28.4 Å². The lowest BCUT2D eigenvalue weighted by atomic mass is 9.96. The number of H-pyrrole nitrogens is 1. The van der Waals surface area contributed by atoms with Crippen LogP contribution in [0.4, 0.5) is 4.39 Å². The number of hydrogen-bond donors (Lipinski definition) is 2. The molecule has 2 N–H and O–H groups in total. The number of aromatic nitrogens is 2. The van der Waals surface area contributed by atoms with E-state index < -0.39 is 10.0 Å². The van der Waals surface area contributed by atoms with Gasteiger partial charge < -0.3 is 9.51 Å². The third kappa shape index (κ3) is 2.65. The highest BCUT2D eigenvalue weighted by Gasteiger charge is 2.46. The molecule has 2 heterocycles. The summed E-state index contributed by atoms with van der Waals surface area (Å²) in [5.41, 5.74) is 1.82. The lowest BCUT2D eigenvalue weighted by Gasteiger charge is -2.16. The highest BCUT2D eigenvalue weighted by Crippen LogP contribution is 2.50. The molecule has 132 valence electrons. The minimum Gasteiger partial charge on any atom is -0.361 e. The molecule has 0 amide bonds. The predicted molar refractivity (Wildman–Crippen MR) is 90.3 cm³/mol. The third-order valence-corrected chi connectivity index (χ3v) is 6.55. The number of hydrogen-bond acceptors (Lipinski definition) is 4. The van der Waals surface area contributed by atoms with Crippen LogP contribution in [0.15, 0.2) is 33.8 Å². The zero-order chi connectivity index (χ0) is 17.8. The van der Waals surface area contributed by atoms with Gasteiger partial charge in [0, 0.05) is 29.1 Å². The van der Waals surface area contributed by atoms with Crippen molar-refractivity contribution in [3.05, 3.63) is 47.2 Å². The maximum Gasteiger partial charge on any atom is 0.245 e. The monoisotopic (exact) mass is 363 g/mol. The Morgan fingerprint density at radius 3 is 2.76 bits per heavy atom. The molecular weight excluding hydrogens is 345 g/mol. The molecule has 1 aliphatic rings. The first kappa shape index (κ1) is 16.3. The Kier molecular flexibility index (Phi) is 3.52. The van der Waals surface area contributed by atoms with E-state index in [1.54, 1.807) is 19.9 Å². The third-order valence-electron chi connectivity index (χ3n) is 4.91. The van der Waals surface area contributed by atoms with Crippen LogP contribution < -0.4 is 4.72 Å². The summed E-state index contributed by atoms with van der Waals surface area (Å²) in [6, 6.07) is 4.59. The number of halogens is 1. The molecule has 0 bridgehead atoms. The molecule has 0 radical (unpaired) electrons. The van der Waals surface area contributed by atoms with Crippen molar-refractivity contribution in [3.63, 3.8) is 0 Å². The smallest absolute Gasteiger partial charge is 0.245 e. The average Bonchev–Trinajstić information content (AvgIpc) is 3.10. The van der Waals surface area contributed by atoms with Crippen molar-refractivity contribution in [2.75, 3.05) is 6.54 Å². The maximum atomic E-state index is 13.6. The van der Waals surface area contributed by atoms with Gasteiger partial charge in [-0.3, -0.25) is 0 Å². The van der Waals surface area contributed by atoms with E-state index in [0.717, 1.165) is 29.3 Å². The molecule has 8 heteroatoms. The highest BCUT2D eigenvalue weighted by atomic mass is 32.2. The molecule has 2 aromatic heterocycles. The molecule has 0 atom stereocenters. The van der Waals surface area contributed by atoms with Gasteiger partial charge in [0.25, 0.3) is 0 Å². The van der Waals surface area contributed by atoms with E-state index in [2.05, 4.69) is 14.9 Å². The first-order valence-electron chi connectivity index (χ1n) is 8.02. The van der Waals surface area contributed by atoms with E-state index in [4.69, 9.17) is 4.52 Å². The van der Waals surface area contributed by atoms with E-state index in [0.29, 0.717) is 5.69 Å². The van der Waals surface area contributed by atoms with Gasteiger partial charge in [0.05, 0.1) is 0 Å². The second kappa shape index (κ2) is 5.40. The molecule has 3 aromatic rings. The normalized spacial score (nSPS) is 16.4. The predicted octanol–water partition coefficient (Wildman–Crippen LogP) is 2.92. The molecular formula is C17H18FN3O3S. The molecule has 0 saturated heterocycles. The summed E-state index contributed by atoms with van der Waals surface area (Å²) in [5, 5.41) is 4.50. The zero-order valence-corrected chi connectivity index (χ0v) is 14.7. The number of rotatable bonds is 5. The quantitative estimate of drug-likeness (QED) is 0.729. The molecule has 25 heavy (non-hydrogen) atoms. The second-order valence-electron chi connectivity index (χ2n) is 6.65. The number of aryl methyl sites for hydroxylation is 2. The number of nitrogens with one attached hydrogen (secondary N) is 2. The van der Waals surface area contributed by atoms with Gasteiger partial charge >= 0.3 is 0 Å². The molecule has 1 saturated carbocycles. The van der Waals surface area contributed by atoms with E-state index in [1.807, 2.05) is 6.20 Å². The van der Waals surface area contributed by atoms with E-state index >= 15 is 0 Å². The van der Waals surface area contributed by atoms with Crippen LogP contribution >= 0.6 is 0 Å². The highest BCUT2D eigenvalue weighted by molar-refractivity contribution is 7.89. The summed E-state index contributed by atoms with van der Waals surface area (Å²) >= 11 is 0. The summed E-state index contributed by atoms with van der Waals surface area (Å²) in [5.74, 6) is -0.0375.